The molecule has 2 saturated heterocycles. The van der Waals surface area contributed by atoms with E-state index in [1.54, 1.807) is 48.5 Å². The molecule has 2 aromatic carbocycles. The van der Waals surface area contributed by atoms with Crippen molar-refractivity contribution >= 4 is 45.5 Å². The molecule has 2 N–H and O–H groups in total. The van der Waals surface area contributed by atoms with Crippen molar-refractivity contribution < 1.29 is 38.1 Å². The Morgan fingerprint density at radius 3 is 1.86 bits per heavy atom. The molecule has 0 saturated carbocycles. The van der Waals surface area contributed by atoms with E-state index in [9.17, 15) is 19.2 Å². The quantitative estimate of drug-likeness (QED) is 0.168. The lowest BCUT2D eigenvalue weighted by Gasteiger charge is -2.30. The Kier molecular flexibility index (Phi) is 11.3. The summed E-state index contributed by atoms with van der Waals surface area (Å²) in [6.45, 7) is 13.2. The first-order valence-corrected chi connectivity index (χ1v) is 17.6. The third-order valence-electron chi connectivity index (χ3n) is 9.38. The molecule has 2 aliphatic rings. The number of carbonyl (C=O) groups excluding carboxylic acids is 3. The number of thiazole rings is 1. The maximum Gasteiger partial charge on any atom is 0.338 e. The van der Waals surface area contributed by atoms with Crippen molar-refractivity contribution in [3.8, 4) is 0 Å². The van der Waals surface area contributed by atoms with E-state index in [1.807, 2.05) is 53.7 Å². The normalized spacial score (nSPS) is 24.7. The summed E-state index contributed by atoms with van der Waals surface area (Å²) in [5, 5.41) is 0. The number of ether oxygens (including phenoxy) is 5. The summed E-state index contributed by atoms with van der Waals surface area (Å²) in [4.78, 5) is 57.1. The molecule has 272 valence electrons. The van der Waals surface area contributed by atoms with Crippen molar-refractivity contribution in [3.63, 3.8) is 0 Å². The van der Waals surface area contributed by atoms with Crippen LogP contribution in [0, 0.1) is 10.8 Å². The zero-order valence-electron chi connectivity index (χ0n) is 29.7. The van der Waals surface area contributed by atoms with E-state index in [0.717, 1.165) is 17.8 Å². The molecule has 14 heteroatoms. The fourth-order valence-electron chi connectivity index (χ4n) is 6.61. The van der Waals surface area contributed by atoms with Gasteiger partial charge in [0.25, 0.3) is 0 Å². The molecular formula is C37H44N4O9S. The van der Waals surface area contributed by atoms with E-state index in [0.29, 0.717) is 27.9 Å². The average Bonchev–Trinajstić information content (AvgIpc) is 3.64. The molecule has 2 fully saturated rings. The van der Waals surface area contributed by atoms with Crippen molar-refractivity contribution in [2.45, 2.75) is 98.2 Å². The first-order chi connectivity index (χ1) is 24.2. The van der Waals surface area contributed by atoms with E-state index >= 15 is 0 Å². The maximum atomic E-state index is 12.8. The number of nitrogens with two attached hydrogens (primary N) is 1. The topological polar surface area (TPSA) is 171 Å². The number of aromatic nitrogens is 3. The molecule has 1 unspecified atom stereocenters. The number of nitrogens with zero attached hydrogens (tertiary/aromatic N) is 3. The van der Waals surface area contributed by atoms with Crippen LogP contribution in [-0.2, 0) is 28.5 Å². The summed E-state index contributed by atoms with van der Waals surface area (Å²) in [6.07, 6.45) is -0.402. The standard InChI is InChI=1S/C20H22N4O4S.C17H22O5/c1-4-13-20(2,3)14(28-17(25)11-8-6-5-7-9-11)16(27-13)24-15-12(29-19(24)26)10-22-18(21)23-15;1-5-13-17(3,4)14(16(21-13)20-11(2)18)22-15(19)12-9-7-6-8-10-12/h5-10,13-14,16H,4H2,1-3H3,(H2,21,22,23);6-10,13-14,16H,5H2,1-4H3/t13-,14+,16-;13-,14+,16?/m11/s1. The molecule has 0 amide bonds. The summed E-state index contributed by atoms with van der Waals surface area (Å²) in [5.74, 6) is -1.31. The third-order valence-corrected chi connectivity index (χ3v) is 10.3. The van der Waals surface area contributed by atoms with E-state index in [2.05, 4.69) is 9.97 Å². The van der Waals surface area contributed by atoms with Gasteiger partial charge in [-0.05, 0) is 37.1 Å². The number of hydrogen-bond donors (Lipinski definition) is 1. The Labute approximate surface area is 300 Å². The Hall–Kier alpha value is -4.66. The van der Waals surface area contributed by atoms with E-state index in [-0.39, 0.29) is 23.0 Å². The molecule has 0 bridgehead atoms. The van der Waals surface area contributed by atoms with Gasteiger partial charge in [0.15, 0.2) is 24.1 Å². The number of carbonyl (C=O) groups is 3. The fraction of sp³-hybridized carbons (Fsp3) is 0.459. The summed E-state index contributed by atoms with van der Waals surface area (Å²) in [6, 6.07) is 17.5. The molecule has 4 aromatic rings. The van der Waals surface area contributed by atoms with Crippen molar-refractivity contribution in [3.05, 3.63) is 87.7 Å². The van der Waals surface area contributed by atoms with Crippen molar-refractivity contribution in [1.29, 1.82) is 0 Å². The third kappa shape index (κ3) is 7.82. The predicted molar refractivity (Wildman–Crippen MR) is 190 cm³/mol. The smallest absolute Gasteiger partial charge is 0.338 e. The lowest BCUT2D eigenvalue weighted by Crippen LogP contribution is -2.40. The van der Waals surface area contributed by atoms with Crippen LogP contribution in [0.15, 0.2) is 71.7 Å². The fourth-order valence-corrected chi connectivity index (χ4v) is 7.43. The predicted octanol–water partition coefficient (Wildman–Crippen LogP) is 5.93. The highest BCUT2D eigenvalue weighted by Crippen LogP contribution is 2.47. The van der Waals surface area contributed by atoms with Crippen LogP contribution in [0.4, 0.5) is 5.95 Å². The summed E-state index contributed by atoms with van der Waals surface area (Å²) < 4.78 is 30.8. The lowest BCUT2D eigenvalue weighted by atomic mass is 9.81. The number of hydrogen-bond acceptors (Lipinski definition) is 13. The molecule has 51 heavy (non-hydrogen) atoms. The maximum absolute atomic E-state index is 12.8. The van der Waals surface area contributed by atoms with Gasteiger partial charge in [-0.25, -0.2) is 14.6 Å². The molecule has 13 nitrogen and oxygen atoms in total. The van der Waals surface area contributed by atoms with Gasteiger partial charge in [-0.3, -0.25) is 14.2 Å². The van der Waals surface area contributed by atoms with Crippen LogP contribution < -0.4 is 10.6 Å². The second-order valence-corrected chi connectivity index (χ2v) is 14.6. The second-order valence-electron chi connectivity index (χ2n) is 13.6. The van der Waals surface area contributed by atoms with Crippen LogP contribution in [0.3, 0.4) is 0 Å². The van der Waals surface area contributed by atoms with Crippen molar-refractivity contribution in [2.24, 2.45) is 10.8 Å². The van der Waals surface area contributed by atoms with Crippen LogP contribution >= 0.6 is 11.3 Å². The lowest BCUT2D eigenvalue weighted by molar-refractivity contribution is -0.186. The summed E-state index contributed by atoms with van der Waals surface area (Å²) in [5.41, 5.74) is 6.06. The monoisotopic (exact) mass is 720 g/mol. The van der Waals surface area contributed by atoms with Gasteiger partial charge in [0.2, 0.25) is 12.2 Å². The van der Waals surface area contributed by atoms with Gasteiger partial charge in [-0.1, -0.05) is 89.3 Å². The second kappa shape index (κ2) is 15.3. The molecule has 0 aliphatic carbocycles. The van der Waals surface area contributed by atoms with Crippen molar-refractivity contribution in [2.75, 3.05) is 5.73 Å². The Bertz CT molecular complexity index is 1910. The Balaban J connectivity index is 0.000000206. The average molecular weight is 721 g/mol. The van der Waals surface area contributed by atoms with Gasteiger partial charge in [0.05, 0.1) is 34.2 Å². The Morgan fingerprint density at radius 2 is 1.33 bits per heavy atom. The molecule has 6 atom stereocenters. The minimum absolute atomic E-state index is 0.0613. The summed E-state index contributed by atoms with van der Waals surface area (Å²) >= 11 is 1.01. The van der Waals surface area contributed by atoms with Crippen molar-refractivity contribution in [1.82, 2.24) is 14.5 Å². The number of fused-ring (bicyclic) bond motifs is 1. The molecule has 0 spiro atoms. The Morgan fingerprint density at radius 1 is 0.824 bits per heavy atom. The van der Waals surface area contributed by atoms with Crippen LogP contribution in [0.1, 0.15) is 88.3 Å². The number of nitrogen functional groups attached to an aromatic ring is 1. The minimum Gasteiger partial charge on any atom is -0.453 e. The van der Waals surface area contributed by atoms with Crippen LogP contribution in [0.2, 0.25) is 0 Å². The number of esters is 3. The molecule has 0 radical (unpaired) electrons. The first kappa shape index (κ1) is 37.6. The SMILES string of the molecule is CC[C@H]1OC(OC(C)=O)[C@H](OC(=O)c2ccccc2)C1(C)C.CC[C@H]1O[C@@H](n2c(=O)sc3cnc(N)nc32)[C@H](OC(=O)c2ccccc2)C1(C)C. The van der Waals surface area contributed by atoms with Crippen LogP contribution in [-0.4, -0.2) is 63.1 Å². The van der Waals surface area contributed by atoms with Gasteiger partial charge < -0.3 is 29.4 Å². The molecular weight excluding hydrogens is 676 g/mol. The molecule has 6 rings (SSSR count). The molecule has 4 heterocycles. The highest BCUT2D eigenvalue weighted by Gasteiger charge is 2.55. The van der Waals surface area contributed by atoms with Gasteiger partial charge >= 0.3 is 22.8 Å². The number of benzene rings is 2. The molecule has 2 aliphatic heterocycles. The number of rotatable bonds is 8. The zero-order chi connectivity index (χ0) is 37.1. The number of anilines is 1. The van der Waals surface area contributed by atoms with E-state index in [1.165, 1.54) is 17.7 Å². The minimum atomic E-state index is -0.870. The van der Waals surface area contributed by atoms with E-state index < -0.39 is 53.5 Å². The van der Waals surface area contributed by atoms with Crippen LogP contribution in [0.25, 0.3) is 10.3 Å². The highest BCUT2D eigenvalue weighted by molar-refractivity contribution is 7.16. The zero-order valence-corrected chi connectivity index (χ0v) is 30.5. The van der Waals surface area contributed by atoms with Gasteiger partial charge in [0, 0.05) is 17.8 Å². The largest absolute Gasteiger partial charge is 0.453 e. The van der Waals surface area contributed by atoms with Crippen LogP contribution in [0.5, 0.6) is 0 Å². The van der Waals surface area contributed by atoms with Gasteiger partial charge in [0.1, 0.15) is 0 Å². The molecule has 2 aromatic heterocycles. The highest BCUT2D eigenvalue weighted by atomic mass is 32.1. The van der Waals surface area contributed by atoms with Gasteiger partial charge in [-0.2, -0.15) is 4.98 Å². The first-order valence-electron chi connectivity index (χ1n) is 16.8. The van der Waals surface area contributed by atoms with E-state index in [4.69, 9.17) is 29.4 Å². The van der Waals surface area contributed by atoms with Gasteiger partial charge in [-0.15, -0.1) is 0 Å². The summed E-state index contributed by atoms with van der Waals surface area (Å²) in [7, 11) is 0.